The van der Waals surface area contributed by atoms with Gasteiger partial charge in [-0.15, -0.1) is 0 Å². The van der Waals surface area contributed by atoms with Crippen LogP contribution in [0.1, 0.15) is 50.2 Å². The summed E-state index contributed by atoms with van der Waals surface area (Å²) in [4.78, 5) is 2.49. The molecule has 0 spiro atoms. The summed E-state index contributed by atoms with van der Waals surface area (Å²) in [5.74, 6) is 0. The van der Waals surface area contributed by atoms with Gasteiger partial charge >= 0.3 is 0 Å². The second kappa shape index (κ2) is 12.7. The Balaban J connectivity index is 1.97. The molecule has 3 aromatic carbocycles. The SMILES string of the molecule is CCCCCC/C(=C/N(Cc1ccccc1)S(=O)(=O)c1ccc(C)cc1)Sc1ccccc1. The third-order valence-corrected chi connectivity index (χ3v) is 8.17. The van der Waals surface area contributed by atoms with Gasteiger partial charge in [0.05, 0.1) is 11.4 Å². The van der Waals surface area contributed by atoms with Gasteiger partial charge in [-0.2, -0.15) is 0 Å². The van der Waals surface area contributed by atoms with Gasteiger partial charge in [0.15, 0.2) is 0 Å². The highest BCUT2D eigenvalue weighted by atomic mass is 32.2. The first-order valence-corrected chi connectivity index (χ1v) is 13.8. The predicted molar refractivity (Wildman–Crippen MR) is 139 cm³/mol. The van der Waals surface area contributed by atoms with Gasteiger partial charge in [0, 0.05) is 16.0 Å². The predicted octanol–water partition coefficient (Wildman–Crippen LogP) is 7.79. The Labute approximate surface area is 203 Å². The second-order valence-corrected chi connectivity index (χ2v) is 11.3. The zero-order valence-corrected chi connectivity index (χ0v) is 21.1. The molecule has 0 aliphatic heterocycles. The van der Waals surface area contributed by atoms with Gasteiger partial charge < -0.3 is 0 Å². The highest BCUT2D eigenvalue weighted by molar-refractivity contribution is 8.03. The third-order valence-electron chi connectivity index (χ3n) is 5.37. The van der Waals surface area contributed by atoms with Crippen LogP contribution >= 0.6 is 11.8 Å². The van der Waals surface area contributed by atoms with E-state index in [1.165, 1.54) is 17.1 Å². The molecule has 0 aliphatic rings. The molecule has 5 heteroatoms. The molecule has 0 bridgehead atoms. The summed E-state index contributed by atoms with van der Waals surface area (Å²) in [7, 11) is -3.70. The van der Waals surface area contributed by atoms with Crippen molar-refractivity contribution in [2.24, 2.45) is 0 Å². The Bertz CT molecular complexity index is 1110. The average Bonchev–Trinajstić information content (AvgIpc) is 2.83. The molecule has 3 aromatic rings. The zero-order chi connectivity index (χ0) is 23.5. The van der Waals surface area contributed by atoms with Crippen molar-refractivity contribution < 1.29 is 8.42 Å². The van der Waals surface area contributed by atoms with Gasteiger partial charge in [-0.1, -0.05) is 104 Å². The van der Waals surface area contributed by atoms with E-state index in [1.54, 1.807) is 23.9 Å². The molecule has 3 nitrogen and oxygen atoms in total. The third kappa shape index (κ3) is 7.79. The minimum Gasteiger partial charge on any atom is -0.268 e. The molecule has 0 radical (unpaired) electrons. The number of benzene rings is 3. The molecule has 33 heavy (non-hydrogen) atoms. The first kappa shape index (κ1) is 25.1. The molecule has 3 rings (SSSR count). The summed E-state index contributed by atoms with van der Waals surface area (Å²) < 4.78 is 28.9. The Kier molecular flexibility index (Phi) is 9.64. The highest BCUT2D eigenvalue weighted by Gasteiger charge is 2.23. The van der Waals surface area contributed by atoms with E-state index >= 15 is 0 Å². The van der Waals surface area contributed by atoms with Gasteiger partial charge in [0.25, 0.3) is 10.0 Å². The fourth-order valence-corrected chi connectivity index (χ4v) is 5.90. The maximum Gasteiger partial charge on any atom is 0.264 e. The van der Waals surface area contributed by atoms with Crippen LogP contribution < -0.4 is 0 Å². The van der Waals surface area contributed by atoms with Crippen LogP contribution in [0.15, 0.2) is 106 Å². The van der Waals surface area contributed by atoms with Crippen LogP contribution in [0.3, 0.4) is 0 Å². The fraction of sp³-hybridized carbons (Fsp3) is 0.286. The van der Waals surface area contributed by atoms with E-state index in [-0.39, 0.29) is 0 Å². The van der Waals surface area contributed by atoms with Crippen LogP contribution in [0.5, 0.6) is 0 Å². The topological polar surface area (TPSA) is 37.4 Å². The quantitative estimate of drug-likeness (QED) is 0.196. The van der Waals surface area contributed by atoms with Crippen molar-refractivity contribution in [2.45, 2.75) is 62.3 Å². The summed E-state index contributed by atoms with van der Waals surface area (Å²) in [6.07, 6.45) is 7.27. The first-order valence-electron chi connectivity index (χ1n) is 11.5. The van der Waals surface area contributed by atoms with Crippen molar-refractivity contribution in [3.63, 3.8) is 0 Å². The lowest BCUT2D eigenvalue weighted by Gasteiger charge is -2.23. The molecule has 0 amide bonds. The van der Waals surface area contributed by atoms with Crippen molar-refractivity contribution in [1.29, 1.82) is 0 Å². The number of rotatable bonds is 12. The standard InChI is InChI=1S/C28H33NO2S2/c1-3-4-5-10-17-27(32-26-15-11-7-12-16-26)23-29(22-25-13-8-6-9-14-25)33(30,31)28-20-18-24(2)19-21-28/h6-9,11-16,18-21,23H,3-5,10,17,22H2,1-2H3/b27-23-. The first-order chi connectivity index (χ1) is 16.0. The van der Waals surface area contributed by atoms with E-state index in [1.807, 2.05) is 73.8 Å². The number of sulfonamides is 1. The van der Waals surface area contributed by atoms with Gasteiger partial charge in [-0.05, 0) is 49.6 Å². The average molecular weight is 480 g/mol. The minimum atomic E-state index is -3.70. The molecular weight excluding hydrogens is 446 g/mol. The number of nitrogens with zero attached hydrogens (tertiary/aromatic N) is 1. The van der Waals surface area contributed by atoms with Crippen molar-refractivity contribution >= 4 is 21.8 Å². The summed E-state index contributed by atoms with van der Waals surface area (Å²) in [6.45, 7) is 4.46. The van der Waals surface area contributed by atoms with Crippen molar-refractivity contribution in [1.82, 2.24) is 4.31 Å². The largest absolute Gasteiger partial charge is 0.268 e. The molecule has 0 atom stereocenters. The van der Waals surface area contributed by atoms with Crippen molar-refractivity contribution in [2.75, 3.05) is 0 Å². The highest BCUT2D eigenvalue weighted by Crippen LogP contribution is 2.32. The summed E-state index contributed by atoms with van der Waals surface area (Å²) in [5, 5.41) is 0. The smallest absolute Gasteiger partial charge is 0.264 e. The number of hydrogen-bond donors (Lipinski definition) is 0. The van der Waals surface area contributed by atoms with Crippen LogP contribution in [0.25, 0.3) is 0 Å². The molecule has 0 aliphatic carbocycles. The molecule has 0 unspecified atom stereocenters. The molecular formula is C28H33NO2S2. The number of aryl methyl sites for hydroxylation is 1. The Morgan fingerprint density at radius 1 is 0.848 bits per heavy atom. The monoisotopic (exact) mass is 479 g/mol. The Hall–Kier alpha value is -2.50. The lowest BCUT2D eigenvalue weighted by atomic mass is 10.1. The summed E-state index contributed by atoms with van der Waals surface area (Å²) in [6, 6.07) is 27.0. The van der Waals surface area contributed by atoms with E-state index in [2.05, 4.69) is 19.1 Å². The lowest BCUT2D eigenvalue weighted by Crippen LogP contribution is -2.26. The molecule has 0 fully saturated rings. The summed E-state index contributed by atoms with van der Waals surface area (Å²) >= 11 is 1.65. The number of thioether (sulfide) groups is 1. The van der Waals surface area contributed by atoms with Crippen molar-refractivity contribution in [3.05, 3.63) is 107 Å². The molecule has 174 valence electrons. The zero-order valence-electron chi connectivity index (χ0n) is 19.5. The lowest BCUT2D eigenvalue weighted by molar-refractivity contribution is 0.493. The normalized spacial score (nSPS) is 12.0. The Morgan fingerprint density at radius 3 is 2.12 bits per heavy atom. The molecule has 0 aromatic heterocycles. The van der Waals surface area contributed by atoms with E-state index in [9.17, 15) is 8.42 Å². The van der Waals surface area contributed by atoms with Crippen molar-refractivity contribution in [3.8, 4) is 0 Å². The van der Waals surface area contributed by atoms with Gasteiger partial charge in [0.1, 0.15) is 0 Å². The van der Waals surface area contributed by atoms with Gasteiger partial charge in [-0.25, -0.2) is 8.42 Å². The van der Waals surface area contributed by atoms with Crippen LogP contribution in [0.2, 0.25) is 0 Å². The minimum absolute atomic E-state index is 0.296. The van der Waals surface area contributed by atoms with E-state index in [4.69, 9.17) is 0 Å². The van der Waals surface area contributed by atoms with Crippen LogP contribution in [0.4, 0.5) is 0 Å². The second-order valence-electron chi connectivity index (χ2n) is 8.17. The number of unbranched alkanes of at least 4 members (excludes halogenated alkanes) is 3. The van der Waals surface area contributed by atoms with E-state index < -0.39 is 10.0 Å². The summed E-state index contributed by atoms with van der Waals surface area (Å²) in [5.41, 5.74) is 2.00. The number of hydrogen-bond acceptors (Lipinski definition) is 3. The van der Waals surface area contributed by atoms with Crippen LogP contribution in [-0.2, 0) is 16.6 Å². The van der Waals surface area contributed by atoms with Crippen LogP contribution in [-0.4, -0.2) is 12.7 Å². The molecule has 0 saturated carbocycles. The molecule has 0 heterocycles. The maximum atomic E-state index is 13.7. The van der Waals surface area contributed by atoms with E-state index in [0.29, 0.717) is 11.4 Å². The van der Waals surface area contributed by atoms with E-state index in [0.717, 1.165) is 40.2 Å². The fourth-order valence-electron chi connectivity index (χ4n) is 3.48. The van der Waals surface area contributed by atoms with Gasteiger partial charge in [-0.3, -0.25) is 4.31 Å². The molecule has 0 saturated heterocycles. The van der Waals surface area contributed by atoms with Crippen LogP contribution in [0, 0.1) is 6.92 Å². The number of allylic oxidation sites excluding steroid dienone is 1. The maximum absolute atomic E-state index is 13.7. The molecule has 0 N–H and O–H groups in total. The van der Waals surface area contributed by atoms with Gasteiger partial charge in [0.2, 0.25) is 0 Å². The Morgan fingerprint density at radius 2 is 1.48 bits per heavy atom.